The van der Waals surface area contributed by atoms with E-state index in [-0.39, 0.29) is 12.1 Å². The first kappa shape index (κ1) is 9.46. The highest BCUT2D eigenvalue weighted by molar-refractivity contribution is 5.57. The van der Waals surface area contributed by atoms with E-state index in [0.29, 0.717) is 5.69 Å². The highest BCUT2D eigenvalue weighted by Gasteiger charge is 2.05. The number of halogens is 2. The standard InChI is InChI=1S/C9H8F2N2/c10-4-5-13-9-3-1-2-8(11)7(9)6-12/h1-3,13H,4-5H2. The first-order valence-corrected chi connectivity index (χ1v) is 3.78. The van der Waals surface area contributed by atoms with Crippen LogP contribution < -0.4 is 5.32 Å². The summed E-state index contributed by atoms with van der Waals surface area (Å²) in [6, 6.07) is 5.91. The van der Waals surface area contributed by atoms with Gasteiger partial charge in [0.1, 0.15) is 24.1 Å². The number of rotatable bonds is 3. The monoisotopic (exact) mass is 182 g/mol. The molecule has 2 nitrogen and oxygen atoms in total. The summed E-state index contributed by atoms with van der Waals surface area (Å²) in [6.07, 6.45) is 0. The molecule has 0 amide bonds. The zero-order valence-corrected chi connectivity index (χ0v) is 6.85. The lowest BCUT2D eigenvalue weighted by Gasteiger charge is -2.05. The number of hydrogen-bond acceptors (Lipinski definition) is 2. The molecule has 4 heteroatoms. The maximum absolute atomic E-state index is 12.9. The van der Waals surface area contributed by atoms with Crippen LogP contribution in [-0.4, -0.2) is 13.2 Å². The summed E-state index contributed by atoms with van der Waals surface area (Å²) in [4.78, 5) is 0. The number of hydrogen-bond donors (Lipinski definition) is 1. The predicted molar refractivity (Wildman–Crippen MR) is 45.6 cm³/mol. The molecule has 0 bridgehead atoms. The molecule has 0 spiro atoms. The topological polar surface area (TPSA) is 35.8 Å². The van der Waals surface area contributed by atoms with Crippen molar-refractivity contribution in [2.24, 2.45) is 0 Å². The average molecular weight is 182 g/mol. The zero-order chi connectivity index (χ0) is 9.68. The van der Waals surface area contributed by atoms with E-state index < -0.39 is 12.5 Å². The third-order valence-electron chi connectivity index (χ3n) is 1.54. The van der Waals surface area contributed by atoms with Gasteiger partial charge in [-0.3, -0.25) is 0 Å². The molecule has 0 atom stereocenters. The molecule has 0 aliphatic rings. The molecule has 1 rings (SSSR count). The molecule has 0 aliphatic carbocycles. The van der Waals surface area contributed by atoms with Gasteiger partial charge in [-0.05, 0) is 12.1 Å². The number of nitriles is 1. The van der Waals surface area contributed by atoms with Crippen LogP contribution in [0.5, 0.6) is 0 Å². The molecule has 0 fully saturated rings. The Morgan fingerprint density at radius 1 is 1.46 bits per heavy atom. The Bertz CT molecular complexity index is 331. The molecule has 0 heterocycles. The van der Waals surface area contributed by atoms with Crippen LogP contribution in [0, 0.1) is 17.1 Å². The van der Waals surface area contributed by atoms with E-state index in [4.69, 9.17) is 5.26 Å². The number of anilines is 1. The van der Waals surface area contributed by atoms with Crippen molar-refractivity contribution >= 4 is 5.69 Å². The van der Waals surface area contributed by atoms with Crippen molar-refractivity contribution < 1.29 is 8.78 Å². The summed E-state index contributed by atoms with van der Waals surface area (Å²) in [7, 11) is 0. The van der Waals surface area contributed by atoms with Gasteiger partial charge in [0.05, 0.1) is 5.69 Å². The second kappa shape index (κ2) is 4.41. The van der Waals surface area contributed by atoms with Crippen molar-refractivity contribution in [3.63, 3.8) is 0 Å². The van der Waals surface area contributed by atoms with E-state index in [0.717, 1.165) is 0 Å². The lowest BCUT2D eigenvalue weighted by Crippen LogP contribution is -2.05. The highest BCUT2D eigenvalue weighted by atomic mass is 19.1. The second-order valence-electron chi connectivity index (χ2n) is 2.39. The van der Waals surface area contributed by atoms with Gasteiger partial charge in [-0.15, -0.1) is 0 Å². The summed E-state index contributed by atoms with van der Waals surface area (Å²) >= 11 is 0. The number of nitrogens with one attached hydrogen (secondary N) is 1. The maximum Gasteiger partial charge on any atom is 0.143 e. The molecule has 0 saturated heterocycles. The Morgan fingerprint density at radius 2 is 2.23 bits per heavy atom. The number of benzene rings is 1. The largest absolute Gasteiger partial charge is 0.381 e. The molecule has 0 radical (unpaired) electrons. The predicted octanol–water partition coefficient (Wildman–Crippen LogP) is 2.08. The zero-order valence-electron chi connectivity index (χ0n) is 6.85. The maximum atomic E-state index is 12.9. The van der Waals surface area contributed by atoms with Crippen LogP contribution in [0.2, 0.25) is 0 Å². The molecule has 1 aromatic rings. The fourth-order valence-electron chi connectivity index (χ4n) is 0.967. The van der Waals surface area contributed by atoms with E-state index in [1.807, 2.05) is 0 Å². The molecule has 13 heavy (non-hydrogen) atoms. The third kappa shape index (κ3) is 2.15. The fraction of sp³-hybridized carbons (Fsp3) is 0.222. The van der Waals surface area contributed by atoms with E-state index in [1.165, 1.54) is 18.2 Å². The summed E-state index contributed by atoms with van der Waals surface area (Å²) in [5.41, 5.74) is 0.260. The SMILES string of the molecule is N#Cc1c(F)cccc1NCCF. The quantitative estimate of drug-likeness (QED) is 0.776. The summed E-state index contributed by atoms with van der Waals surface area (Å²) in [5.74, 6) is -0.591. The van der Waals surface area contributed by atoms with Crippen LogP contribution >= 0.6 is 0 Å². The number of alkyl halides is 1. The Labute approximate surface area is 74.8 Å². The van der Waals surface area contributed by atoms with Gasteiger partial charge in [-0.2, -0.15) is 5.26 Å². The molecule has 1 N–H and O–H groups in total. The average Bonchev–Trinajstić information content (AvgIpc) is 2.15. The van der Waals surface area contributed by atoms with Crippen LogP contribution in [0.15, 0.2) is 18.2 Å². The van der Waals surface area contributed by atoms with Gasteiger partial charge in [0, 0.05) is 6.54 Å². The van der Waals surface area contributed by atoms with Gasteiger partial charge >= 0.3 is 0 Å². The Kier molecular flexibility index (Phi) is 3.21. The Balaban J connectivity index is 2.93. The fourth-order valence-corrected chi connectivity index (χ4v) is 0.967. The first-order valence-electron chi connectivity index (χ1n) is 3.78. The van der Waals surface area contributed by atoms with Crippen molar-refractivity contribution in [2.75, 3.05) is 18.5 Å². The molecular formula is C9H8F2N2. The van der Waals surface area contributed by atoms with Gasteiger partial charge < -0.3 is 5.32 Å². The van der Waals surface area contributed by atoms with E-state index in [2.05, 4.69) is 5.32 Å². The minimum absolute atomic E-state index is 0.0732. The van der Waals surface area contributed by atoms with Crippen molar-refractivity contribution in [3.05, 3.63) is 29.6 Å². The first-order chi connectivity index (χ1) is 6.29. The third-order valence-corrected chi connectivity index (χ3v) is 1.54. The summed E-state index contributed by atoms with van der Waals surface area (Å²) < 4.78 is 24.7. The van der Waals surface area contributed by atoms with Crippen molar-refractivity contribution in [3.8, 4) is 6.07 Å². The molecular weight excluding hydrogens is 174 g/mol. The summed E-state index contributed by atoms with van der Waals surface area (Å²) in [6.45, 7) is -0.473. The van der Waals surface area contributed by atoms with Gasteiger partial charge in [-0.25, -0.2) is 8.78 Å². The van der Waals surface area contributed by atoms with Crippen LogP contribution in [0.1, 0.15) is 5.56 Å². The molecule has 0 aliphatic heterocycles. The Hall–Kier alpha value is -1.63. The van der Waals surface area contributed by atoms with Gasteiger partial charge in [0.15, 0.2) is 0 Å². The number of nitrogens with zero attached hydrogens (tertiary/aromatic N) is 1. The molecule has 0 aromatic heterocycles. The molecule has 0 unspecified atom stereocenters. The van der Waals surface area contributed by atoms with Gasteiger partial charge in [0.25, 0.3) is 0 Å². The molecule has 0 saturated carbocycles. The van der Waals surface area contributed by atoms with Crippen LogP contribution in [0.3, 0.4) is 0 Å². The Morgan fingerprint density at radius 3 is 2.85 bits per heavy atom. The molecule has 1 aromatic carbocycles. The molecule has 68 valence electrons. The lowest BCUT2D eigenvalue weighted by atomic mass is 10.2. The van der Waals surface area contributed by atoms with Crippen molar-refractivity contribution in [2.45, 2.75) is 0 Å². The van der Waals surface area contributed by atoms with E-state index in [1.54, 1.807) is 6.07 Å². The van der Waals surface area contributed by atoms with Gasteiger partial charge in [-0.1, -0.05) is 6.07 Å². The normalized spacial score (nSPS) is 9.31. The van der Waals surface area contributed by atoms with Crippen molar-refractivity contribution in [1.29, 1.82) is 5.26 Å². The second-order valence-corrected chi connectivity index (χ2v) is 2.39. The van der Waals surface area contributed by atoms with Crippen LogP contribution in [0.4, 0.5) is 14.5 Å². The van der Waals surface area contributed by atoms with E-state index in [9.17, 15) is 8.78 Å². The van der Waals surface area contributed by atoms with Crippen LogP contribution in [-0.2, 0) is 0 Å². The van der Waals surface area contributed by atoms with Crippen LogP contribution in [0.25, 0.3) is 0 Å². The minimum Gasteiger partial charge on any atom is -0.381 e. The highest BCUT2D eigenvalue weighted by Crippen LogP contribution is 2.17. The van der Waals surface area contributed by atoms with Crippen molar-refractivity contribution in [1.82, 2.24) is 0 Å². The smallest absolute Gasteiger partial charge is 0.143 e. The summed E-state index contributed by atoms with van der Waals surface area (Å²) in [5, 5.41) is 11.2. The van der Waals surface area contributed by atoms with E-state index >= 15 is 0 Å². The van der Waals surface area contributed by atoms with Gasteiger partial charge in [0.2, 0.25) is 0 Å². The minimum atomic E-state index is -0.591. The lowest BCUT2D eigenvalue weighted by molar-refractivity contribution is 0.512.